The van der Waals surface area contributed by atoms with E-state index in [1.807, 2.05) is 0 Å². The van der Waals surface area contributed by atoms with Crippen LogP contribution in [0.2, 0.25) is 0 Å². The second kappa shape index (κ2) is 5.67. The predicted octanol–water partition coefficient (Wildman–Crippen LogP) is 0.994. The predicted molar refractivity (Wildman–Crippen MR) is 93.9 cm³/mol. The molecule has 8 heteroatoms. The Bertz CT molecular complexity index is 1050. The van der Waals surface area contributed by atoms with Crippen molar-refractivity contribution < 1.29 is 35.1 Å². The summed E-state index contributed by atoms with van der Waals surface area (Å²) >= 11 is 0. The maximum Gasteiger partial charge on any atom is 0.202 e. The molecule has 3 aliphatic rings. The lowest BCUT2D eigenvalue weighted by atomic mass is 9.56. The van der Waals surface area contributed by atoms with E-state index in [-0.39, 0.29) is 16.9 Å². The molecule has 0 amide bonds. The number of carbonyl (C=O) groups is 2. The van der Waals surface area contributed by atoms with Crippen molar-refractivity contribution in [1.29, 1.82) is 5.26 Å². The lowest BCUT2D eigenvalue weighted by Crippen LogP contribution is -2.63. The van der Waals surface area contributed by atoms with Gasteiger partial charge in [-0.2, -0.15) is 5.26 Å². The first-order valence-corrected chi connectivity index (χ1v) is 8.73. The first-order chi connectivity index (χ1) is 13.2. The quantitative estimate of drug-likeness (QED) is 0.443. The highest BCUT2D eigenvalue weighted by molar-refractivity contribution is 6.14. The maximum absolute atomic E-state index is 13.2. The van der Waals surface area contributed by atoms with Gasteiger partial charge in [-0.25, -0.2) is 0 Å². The van der Waals surface area contributed by atoms with Crippen LogP contribution in [0.25, 0.3) is 5.76 Å². The summed E-state index contributed by atoms with van der Waals surface area (Å²) in [6.45, 7) is 1.69. The largest absolute Gasteiger partial charge is 0.507 e. The number of phenols is 1. The number of aliphatic hydroxyl groups is 4. The average Bonchev–Trinajstić information content (AvgIpc) is 2.65. The molecule has 5 atom stereocenters. The number of allylic oxidation sites excluding steroid dienone is 1. The highest BCUT2D eigenvalue weighted by atomic mass is 16.4. The smallest absolute Gasteiger partial charge is 0.202 e. The van der Waals surface area contributed by atoms with Gasteiger partial charge in [0.25, 0.3) is 0 Å². The van der Waals surface area contributed by atoms with Gasteiger partial charge in [0, 0.05) is 23.8 Å². The molecule has 0 saturated heterocycles. The number of aliphatic hydroxyl groups excluding tert-OH is 3. The SMILES string of the molecule is CC1c2cccc(O)c2C(O)=C2C(=O)C3(O)C(O)=C(C#N)C(=O)CC3C(O)C21. The van der Waals surface area contributed by atoms with Gasteiger partial charge >= 0.3 is 0 Å². The molecule has 0 spiro atoms. The number of carbonyl (C=O) groups excluding carboxylic acids is 2. The molecule has 4 rings (SSSR count). The van der Waals surface area contributed by atoms with Crippen LogP contribution in [0.5, 0.6) is 5.75 Å². The summed E-state index contributed by atoms with van der Waals surface area (Å²) in [5.41, 5.74) is -3.28. The summed E-state index contributed by atoms with van der Waals surface area (Å²) in [6.07, 6.45) is -1.96. The first kappa shape index (κ1) is 18.2. The number of nitrogens with zero attached hydrogens (tertiary/aromatic N) is 1. The van der Waals surface area contributed by atoms with Crippen molar-refractivity contribution in [2.75, 3.05) is 0 Å². The fourth-order valence-corrected chi connectivity index (χ4v) is 4.82. The first-order valence-electron chi connectivity index (χ1n) is 8.73. The van der Waals surface area contributed by atoms with E-state index in [4.69, 9.17) is 5.26 Å². The number of hydrogen-bond donors (Lipinski definition) is 5. The molecule has 0 bridgehead atoms. The van der Waals surface area contributed by atoms with Crippen molar-refractivity contribution in [3.05, 3.63) is 46.2 Å². The topological polar surface area (TPSA) is 159 Å². The fraction of sp³-hybridized carbons (Fsp3) is 0.350. The Kier molecular flexibility index (Phi) is 3.69. The van der Waals surface area contributed by atoms with Crippen LogP contribution in [0.15, 0.2) is 35.1 Å². The van der Waals surface area contributed by atoms with Crippen molar-refractivity contribution >= 4 is 17.3 Å². The zero-order valence-corrected chi connectivity index (χ0v) is 14.7. The molecule has 0 heterocycles. The standard InChI is InChI=1S/C20H17NO7/c1-7-8-3-2-4-11(22)14(8)17(25)15-13(7)16(24)10-5-12(23)9(6-21)18(26)20(10,28)19(15)27/h2-4,7,10,13,16,22,24-26,28H,5H2,1H3. The lowest BCUT2D eigenvalue weighted by Gasteiger charge is -2.50. The van der Waals surface area contributed by atoms with Gasteiger partial charge in [0.15, 0.2) is 17.1 Å². The summed E-state index contributed by atoms with van der Waals surface area (Å²) in [5.74, 6) is -6.73. The van der Waals surface area contributed by atoms with Crippen molar-refractivity contribution in [3.8, 4) is 11.8 Å². The number of hydrogen-bond acceptors (Lipinski definition) is 8. The fourth-order valence-electron chi connectivity index (χ4n) is 4.82. The Balaban J connectivity index is 2.02. The average molecular weight is 383 g/mol. The normalized spacial score (nSPS) is 34.5. The molecule has 0 aromatic heterocycles. The Morgan fingerprint density at radius 3 is 2.54 bits per heavy atom. The number of rotatable bonds is 0. The number of nitriles is 1. The van der Waals surface area contributed by atoms with E-state index in [1.165, 1.54) is 12.1 Å². The summed E-state index contributed by atoms with van der Waals surface area (Å²) in [5, 5.41) is 62.4. The van der Waals surface area contributed by atoms with Crippen molar-refractivity contribution in [2.24, 2.45) is 11.8 Å². The third-order valence-electron chi connectivity index (χ3n) is 6.23. The molecule has 0 radical (unpaired) electrons. The monoisotopic (exact) mass is 383 g/mol. The molecular formula is C20H17NO7. The van der Waals surface area contributed by atoms with Crippen LogP contribution in [0.1, 0.15) is 30.4 Å². The van der Waals surface area contributed by atoms with Gasteiger partial charge in [0.05, 0.1) is 11.7 Å². The summed E-state index contributed by atoms with van der Waals surface area (Å²) in [4.78, 5) is 25.4. The second-order valence-electron chi connectivity index (χ2n) is 7.47. The van der Waals surface area contributed by atoms with Gasteiger partial charge in [0.1, 0.15) is 23.2 Å². The lowest BCUT2D eigenvalue weighted by molar-refractivity contribution is -0.160. The van der Waals surface area contributed by atoms with E-state index >= 15 is 0 Å². The maximum atomic E-state index is 13.2. The van der Waals surface area contributed by atoms with Crippen molar-refractivity contribution in [2.45, 2.75) is 31.0 Å². The third-order valence-corrected chi connectivity index (χ3v) is 6.23. The molecule has 144 valence electrons. The van der Waals surface area contributed by atoms with Crippen LogP contribution in [0.4, 0.5) is 0 Å². The van der Waals surface area contributed by atoms with Crippen molar-refractivity contribution in [1.82, 2.24) is 0 Å². The van der Waals surface area contributed by atoms with Crippen molar-refractivity contribution in [3.63, 3.8) is 0 Å². The van der Waals surface area contributed by atoms with Crippen LogP contribution in [-0.4, -0.2) is 48.8 Å². The van der Waals surface area contributed by atoms with E-state index < -0.39 is 64.5 Å². The van der Waals surface area contributed by atoms with Gasteiger partial charge in [-0.3, -0.25) is 9.59 Å². The van der Waals surface area contributed by atoms with E-state index in [1.54, 1.807) is 19.1 Å². The van der Waals surface area contributed by atoms with Gasteiger partial charge in [-0.05, 0) is 17.5 Å². The van der Waals surface area contributed by atoms with E-state index in [2.05, 4.69) is 0 Å². The van der Waals surface area contributed by atoms with Gasteiger partial charge in [0.2, 0.25) is 5.78 Å². The highest BCUT2D eigenvalue weighted by Crippen LogP contribution is 2.55. The van der Waals surface area contributed by atoms with E-state index in [9.17, 15) is 35.1 Å². The Morgan fingerprint density at radius 2 is 1.89 bits per heavy atom. The highest BCUT2D eigenvalue weighted by Gasteiger charge is 2.64. The molecule has 1 aromatic rings. The summed E-state index contributed by atoms with van der Waals surface area (Å²) < 4.78 is 0. The van der Waals surface area contributed by atoms with Gasteiger partial charge in [-0.1, -0.05) is 19.1 Å². The van der Waals surface area contributed by atoms with Gasteiger partial charge < -0.3 is 25.5 Å². The molecule has 3 aliphatic carbocycles. The van der Waals surface area contributed by atoms with Crippen LogP contribution in [0, 0.1) is 23.2 Å². The number of benzene rings is 1. The third kappa shape index (κ3) is 1.95. The molecule has 28 heavy (non-hydrogen) atoms. The number of aromatic hydroxyl groups is 1. The molecule has 5 unspecified atom stereocenters. The number of phenolic OH excluding ortho intramolecular Hbond substituents is 1. The number of ketones is 2. The zero-order valence-electron chi connectivity index (χ0n) is 14.7. The molecule has 8 nitrogen and oxygen atoms in total. The molecule has 0 aliphatic heterocycles. The molecule has 1 fully saturated rings. The van der Waals surface area contributed by atoms with E-state index in [0.29, 0.717) is 5.56 Å². The van der Waals surface area contributed by atoms with Crippen LogP contribution >= 0.6 is 0 Å². The van der Waals surface area contributed by atoms with Gasteiger partial charge in [-0.15, -0.1) is 0 Å². The minimum absolute atomic E-state index is 0.0136. The van der Waals surface area contributed by atoms with Crippen LogP contribution in [0.3, 0.4) is 0 Å². The molecular weight excluding hydrogens is 366 g/mol. The minimum Gasteiger partial charge on any atom is -0.507 e. The second-order valence-corrected chi connectivity index (χ2v) is 7.47. The van der Waals surface area contributed by atoms with Crippen LogP contribution in [-0.2, 0) is 9.59 Å². The zero-order chi connectivity index (χ0) is 20.5. The molecule has 1 saturated carbocycles. The number of Topliss-reactive ketones (excluding diaryl/α,β-unsaturated/α-hetero) is 2. The van der Waals surface area contributed by atoms with E-state index in [0.717, 1.165) is 0 Å². The Hall–Kier alpha value is -3.15. The summed E-state index contributed by atoms with van der Waals surface area (Å²) in [7, 11) is 0. The molecule has 1 aromatic carbocycles. The number of fused-ring (bicyclic) bond motifs is 3. The van der Waals surface area contributed by atoms with Crippen LogP contribution < -0.4 is 0 Å². The molecule has 5 N–H and O–H groups in total. The Morgan fingerprint density at radius 1 is 1.21 bits per heavy atom. The summed E-state index contributed by atoms with van der Waals surface area (Å²) in [6, 6.07) is 6.01. The minimum atomic E-state index is -2.71. The Labute approximate surface area is 159 Å².